The minimum absolute atomic E-state index is 0.394. The maximum atomic E-state index is 6.00. The lowest BCUT2D eigenvalue weighted by Crippen LogP contribution is -2.03. The Morgan fingerprint density at radius 1 is 1.15 bits per heavy atom. The highest BCUT2D eigenvalue weighted by molar-refractivity contribution is 7.99. The fourth-order valence-corrected chi connectivity index (χ4v) is 2.41. The van der Waals surface area contributed by atoms with Crippen molar-refractivity contribution in [2.24, 2.45) is 0 Å². The normalized spacial score (nSPS) is 10.6. The van der Waals surface area contributed by atoms with E-state index in [1.165, 1.54) is 18.1 Å². The van der Waals surface area contributed by atoms with Crippen LogP contribution in [0, 0.1) is 20.8 Å². The maximum Gasteiger partial charge on any atom is 0.241 e. The van der Waals surface area contributed by atoms with E-state index in [0.29, 0.717) is 28.4 Å². The average Bonchev–Trinajstić information content (AvgIpc) is 2.41. The first-order valence-corrected chi connectivity index (χ1v) is 7.07. The van der Waals surface area contributed by atoms with Crippen molar-refractivity contribution in [3.63, 3.8) is 0 Å². The summed E-state index contributed by atoms with van der Waals surface area (Å²) in [5, 5.41) is 1.23. The van der Waals surface area contributed by atoms with Crippen molar-refractivity contribution < 1.29 is 4.74 Å². The monoisotopic (exact) mass is 291 g/mol. The zero-order valence-corrected chi connectivity index (χ0v) is 12.8. The molecule has 2 N–H and O–H groups in total. The van der Waals surface area contributed by atoms with Gasteiger partial charge in [-0.1, -0.05) is 0 Å². The number of rotatable bonds is 4. The highest BCUT2D eigenvalue weighted by Crippen LogP contribution is 2.32. The predicted molar refractivity (Wildman–Crippen MR) is 78.0 cm³/mol. The Labute approximate surface area is 122 Å². The number of aryl methyl sites for hydroxylation is 2. The Morgan fingerprint density at radius 2 is 1.80 bits per heavy atom. The zero-order valence-electron chi connectivity index (χ0n) is 12.0. The van der Waals surface area contributed by atoms with Crippen LogP contribution >= 0.6 is 11.8 Å². The van der Waals surface area contributed by atoms with E-state index in [1.54, 1.807) is 0 Å². The van der Waals surface area contributed by atoms with Gasteiger partial charge in [-0.25, -0.2) is 15.0 Å². The van der Waals surface area contributed by atoms with Gasteiger partial charge in [0.1, 0.15) is 17.0 Å². The van der Waals surface area contributed by atoms with Crippen LogP contribution in [0.25, 0.3) is 0 Å². The van der Waals surface area contributed by atoms with Crippen molar-refractivity contribution in [2.45, 2.75) is 37.9 Å². The van der Waals surface area contributed by atoms with E-state index < -0.39 is 0 Å². The number of hydrogen-bond acceptors (Lipinski definition) is 7. The molecule has 7 heteroatoms. The average molecular weight is 291 g/mol. The van der Waals surface area contributed by atoms with Gasteiger partial charge in [0.25, 0.3) is 0 Å². The second kappa shape index (κ2) is 6.04. The van der Waals surface area contributed by atoms with Crippen molar-refractivity contribution in [3.05, 3.63) is 23.3 Å². The first-order chi connectivity index (χ1) is 9.52. The van der Waals surface area contributed by atoms with Crippen LogP contribution in [-0.4, -0.2) is 26.5 Å². The molecule has 20 heavy (non-hydrogen) atoms. The third-order valence-corrected chi connectivity index (χ3v) is 3.78. The molecule has 0 saturated carbocycles. The first-order valence-electron chi connectivity index (χ1n) is 6.25. The molecule has 0 aromatic carbocycles. The fraction of sp³-hybridized carbons (Fsp3) is 0.385. The van der Waals surface area contributed by atoms with Gasteiger partial charge < -0.3 is 10.5 Å². The predicted octanol–water partition coefficient (Wildman–Crippen LogP) is 2.32. The van der Waals surface area contributed by atoms with Gasteiger partial charge in [-0.15, -0.1) is 0 Å². The van der Waals surface area contributed by atoms with Gasteiger partial charge in [0.15, 0.2) is 5.16 Å². The molecule has 0 spiro atoms. The number of aromatic nitrogens is 4. The molecule has 106 valence electrons. The maximum absolute atomic E-state index is 6.00. The Balaban J connectivity index is 2.33. The molecule has 0 fully saturated rings. The second-order valence-corrected chi connectivity index (χ2v) is 5.19. The number of hydrogen-bond donors (Lipinski definition) is 1. The zero-order chi connectivity index (χ0) is 14.7. The molecule has 2 heterocycles. The van der Waals surface area contributed by atoms with Crippen molar-refractivity contribution >= 4 is 17.4 Å². The van der Waals surface area contributed by atoms with Gasteiger partial charge in [-0.3, -0.25) is 0 Å². The van der Waals surface area contributed by atoms with Crippen LogP contribution in [0.15, 0.2) is 16.5 Å². The number of ether oxygens (including phenoxy) is 1. The van der Waals surface area contributed by atoms with E-state index in [9.17, 15) is 0 Å². The van der Waals surface area contributed by atoms with Crippen molar-refractivity contribution in [1.29, 1.82) is 0 Å². The second-order valence-electron chi connectivity index (χ2n) is 4.23. The summed E-state index contributed by atoms with van der Waals surface area (Å²) in [4.78, 5) is 17.1. The lowest BCUT2D eigenvalue weighted by atomic mass is 10.2. The lowest BCUT2D eigenvalue weighted by Gasteiger charge is -2.09. The lowest BCUT2D eigenvalue weighted by molar-refractivity contribution is 0.327. The van der Waals surface area contributed by atoms with Crippen LogP contribution in [0.1, 0.15) is 23.9 Å². The molecule has 0 aliphatic heterocycles. The van der Waals surface area contributed by atoms with Gasteiger partial charge in [-0.2, -0.15) is 4.98 Å². The Kier molecular flexibility index (Phi) is 4.39. The molecule has 0 atom stereocenters. The molecule has 0 radical (unpaired) electrons. The highest BCUT2D eigenvalue weighted by atomic mass is 32.2. The number of nitrogens with zero attached hydrogens (tertiary/aromatic N) is 4. The van der Waals surface area contributed by atoms with Gasteiger partial charge in [0.2, 0.25) is 5.88 Å². The van der Waals surface area contributed by atoms with Gasteiger partial charge >= 0.3 is 0 Å². The van der Waals surface area contributed by atoms with Gasteiger partial charge in [-0.05, 0) is 45.0 Å². The minimum Gasteiger partial charge on any atom is -0.476 e. The molecule has 0 aliphatic rings. The van der Waals surface area contributed by atoms with Crippen LogP contribution in [0.5, 0.6) is 5.88 Å². The van der Waals surface area contributed by atoms with E-state index in [4.69, 9.17) is 10.5 Å². The molecule has 6 nitrogen and oxygen atoms in total. The Morgan fingerprint density at radius 3 is 2.40 bits per heavy atom. The molecule has 2 rings (SSSR count). The third kappa shape index (κ3) is 2.98. The number of anilines is 1. The summed E-state index contributed by atoms with van der Waals surface area (Å²) in [7, 11) is 0. The van der Waals surface area contributed by atoms with Crippen molar-refractivity contribution in [1.82, 2.24) is 19.9 Å². The van der Waals surface area contributed by atoms with Crippen LogP contribution in [0.2, 0.25) is 0 Å². The summed E-state index contributed by atoms with van der Waals surface area (Å²) in [6, 6.07) is 0. The SMILES string of the molecule is CCOc1ncnc(Sc2nc(C)c(C)c(C)n2)c1N. The minimum atomic E-state index is 0.394. The molecule has 0 unspecified atom stereocenters. The van der Waals surface area contributed by atoms with E-state index >= 15 is 0 Å². The molecule has 2 aromatic rings. The first kappa shape index (κ1) is 14.5. The highest BCUT2D eigenvalue weighted by Gasteiger charge is 2.13. The van der Waals surface area contributed by atoms with Gasteiger partial charge in [0.05, 0.1) is 6.61 Å². The van der Waals surface area contributed by atoms with E-state index in [1.807, 2.05) is 27.7 Å². The number of nitrogen functional groups attached to an aromatic ring is 1. The largest absolute Gasteiger partial charge is 0.476 e. The van der Waals surface area contributed by atoms with E-state index in [2.05, 4.69) is 19.9 Å². The van der Waals surface area contributed by atoms with Crippen LogP contribution in [0.4, 0.5) is 5.69 Å². The van der Waals surface area contributed by atoms with E-state index in [-0.39, 0.29) is 0 Å². The summed E-state index contributed by atoms with van der Waals surface area (Å²) in [5.74, 6) is 0.394. The smallest absolute Gasteiger partial charge is 0.241 e. The van der Waals surface area contributed by atoms with Crippen LogP contribution < -0.4 is 10.5 Å². The standard InChI is InChI=1S/C13H17N5OS/c1-5-19-11-10(14)12(16-6-15-11)20-13-17-8(3)7(2)9(4)18-13/h6H,5,14H2,1-4H3. The fourth-order valence-electron chi connectivity index (χ4n) is 1.57. The Bertz CT molecular complexity index is 609. The Hall–Kier alpha value is -1.89. The summed E-state index contributed by atoms with van der Waals surface area (Å²) < 4.78 is 5.35. The molecule has 2 aromatic heterocycles. The molecule has 0 bridgehead atoms. The summed E-state index contributed by atoms with van der Waals surface area (Å²) in [5.41, 5.74) is 9.42. The van der Waals surface area contributed by atoms with Crippen molar-refractivity contribution in [3.8, 4) is 5.88 Å². The molecular weight excluding hydrogens is 274 g/mol. The van der Waals surface area contributed by atoms with Crippen LogP contribution in [0.3, 0.4) is 0 Å². The summed E-state index contributed by atoms with van der Waals surface area (Å²) in [6.07, 6.45) is 1.43. The topological polar surface area (TPSA) is 86.8 Å². The molecule has 0 amide bonds. The molecule has 0 saturated heterocycles. The summed E-state index contributed by atoms with van der Waals surface area (Å²) in [6.45, 7) is 8.31. The molecule has 0 aliphatic carbocycles. The van der Waals surface area contributed by atoms with E-state index in [0.717, 1.165) is 17.0 Å². The summed E-state index contributed by atoms with van der Waals surface area (Å²) >= 11 is 1.31. The van der Waals surface area contributed by atoms with Crippen molar-refractivity contribution in [2.75, 3.05) is 12.3 Å². The number of nitrogens with two attached hydrogens (primary N) is 1. The quantitative estimate of drug-likeness (QED) is 0.683. The van der Waals surface area contributed by atoms with Crippen LogP contribution in [-0.2, 0) is 0 Å². The van der Waals surface area contributed by atoms with Gasteiger partial charge in [0, 0.05) is 11.4 Å². The molecular formula is C13H17N5OS. The third-order valence-electron chi connectivity index (χ3n) is 2.89.